The van der Waals surface area contributed by atoms with Crippen LogP contribution in [0.5, 0.6) is 0 Å². The Hall–Kier alpha value is -1.35. The van der Waals surface area contributed by atoms with Crippen LogP contribution in [0.1, 0.15) is 16.5 Å². The second-order valence-electron chi connectivity index (χ2n) is 4.59. The summed E-state index contributed by atoms with van der Waals surface area (Å²) in [5.41, 5.74) is 7.57. The molecule has 1 atom stereocenters. The van der Waals surface area contributed by atoms with Crippen molar-refractivity contribution in [2.75, 3.05) is 0 Å². The Morgan fingerprint density at radius 2 is 1.79 bits per heavy atom. The third-order valence-corrected chi connectivity index (χ3v) is 4.64. The first-order valence-corrected chi connectivity index (χ1v) is 7.41. The third-order valence-electron chi connectivity index (χ3n) is 3.28. The summed E-state index contributed by atoms with van der Waals surface area (Å²) < 4.78 is 0.795. The molecule has 0 fully saturated rings. The maximum absolute atomic E-state index is 6.28. The van der Waals surface area contributed by atoms with Gasteiger partial charge >= 0.3 is 0 Å². The Bertz CT molecular complexity index is 699. The van der Waals surface area contributed by atoms with Crippen molar-refractivity contribution in [1.82, 2.24) is 0 Å². The lowest BCUT2D eigenvalue weighted by molar-refractivity contribution is 0.740. The molecule has 1 nitrogen and oxygen atoms in total. The minimum atomic E-state index is 0.00306. The largest absolute Gasteiger partial charge is 0.323 e. The zero-order valence-electron chi connectivity index (χ0n) is 10.3. The molecule has 1 unspecified atom stereocenters. The van der Waals surface area contributed by atoms with Crippen LogP contribution in [0.25, 0.3) is 10.8 Å². The molecular formula is C16H14ClNS. The zero-order valence-corrected chi connectivity index (χ0v) is 11.9. The second-order valence-corrected chi connectivity index (χ2v) is 6.34. The van der Waals surface area contributed by atoms with Crippen LogP contribution in [0.15, 0.2) is 54.6 Å². The van der Waals surface area contributed by atoms with Crippen molar-refractivity contribution in [3.8, 4) is 0 Å². The third kappa shape index (κ3) is 2.66. The summed E-state index contributed by atoms with van der Waals surface area (Å²) in [4.78, 5) is 1.14. The fraction of sp³-hybridized carbons (Fsp3) is 0.125. The fourth-order valence-corrected chi connectivity index (χ4v) is 3.40. The first kappa shape index (κ1) is 12.7. The molecule has 0 aliphatic heterocycles. The van der Waals surface area contributed by atoms with E-state index >= 15 is 0 Å². The van der Waals surface area contributed by atoms with Crippen molar-refractivity contribution < 1.29 is 0 Å². The van der Waals surface area contributed by atoms with E-state index in [0.717, 1.165) is 15.6 Å². The van der Waals surface area contributed by atoms with Gasteiger partial charge in [0.1, 0.15) is 0 Å². The van der Waals surface area contributed by atoms with Gasteiger partial charge in [0.25, 0.3) is 0 Å². The van der Waals surface area contributed by atoms with Gasteiger partial charge in [-0.15, -0.1) is 11.3 Å². The van der Waals surface area contributed by atoms with Gasteiger partial charge in [0.15, 0.2) is 0 Å². The van der Waals surface area contributed by atoms with Crippen molar-refractivity contribution in [2.24, 2.45) is 5.73 Å². The molecule has 0 bridgehead atoms. The molecule has 0 saturated heterocycles. The van der Waals surface area contributed by atoms with Gasteiger partial charge < -0.3 is 5.73 Å². The first-order chi connectivity index (χ1) is 9.24. The van der Waals surface area contributed by atoms with Crippen molar-refractivity contribution in [2.45, 2.75) is 12.5 Å². The lowest BCUT2D eigenvalue weighted by Gasteiger charge is -2.12. The maximum Gasteiger partial charge on any atom is 0.0931 e. The normalized spacial score (nSPS) is 12.7. The molecule has 96 valence electrons. The Kier molecular flexibility index (Phi) is 3.56. The van der Waals surface area contributed by atoms with E-state index < -0.39 is 0 Å². The van der Waals surface area contributed by atoms with Gasteiger partial charge in [-0.1, -0.05) is 54.1 Å². The number of benzene rings is 2. The number of hydrogen-bond donors (Lipinski definition) is 1. The predicted octanol–water partition coefficient (Wildman–Crippen LogP) is 4.80. The molecule has 2 aromatic carbocycles. The minimum Gasteiger partial charge on any atom is -0.323 e. The number of nitrogens with two attached hydrogens (primary N) is 1. The highest BCUT2D eigenvalue weighted by Crippen LogP contribution is 2.29. The summed E-state index contributed by atoms with van der Waals surface area (Å²) in [6.07, 6.45) is 0.832. The maximum atomic E-state index is 6.28. The van der Waals surface area contributed by atoms with Gasteiger partial charge in [-0.3, -0.25) is 0 Å². The van der Waals surface area contributed by atoms with Crippen molar-refractivity contribution in [1.29, 1.82) is 0 Å². The van der Waals surface area contributed by atoms with Crippen LogP contribution in [0, 0.1) is 0 Å². The number of thiophene rings is 1. The van der Waals surface area contributed by atoms with Crippen LogP contribution in [-0.2, 0) is 6.42 Å². The average molecular weight is 288 g/mol. The van der Waals surface area contributed by atoms with Crippen LogP contribution < -0.4 is 5.73 Å². The summed E-state index contributed by atoms with van der Waals surface area (Å²) in [5.74, 6) is 0. The first-order valence-electron chi connectivity index (χ1n) is 6.21. The molecule has 3 rings (SSSR count). The van der Waals surface area contributed by atoms with Crippen molar-refractivity contribution in [3.63, 3.8) is 0 Å². The van der Waals surface area contributed by atoms with E-state index in [1.807, 2.05) is 12.1 Å². The lowest BCUT2D eigenvalue weighted by atomic mass is 9.98. The second kappa shape index (κ2) is 5.33. The lowest BCUT2D eigenvalue weighted by Crippen LogP contribution is -2.11. The minimum absolute atomic E-state index is 0.00306. The Labute approximate surface area is 121 Å². The molecule has 2 N–H and O–H groups in total. The topological polar surface area (TPSA) is 26.0 Å². The van der Waals surface area contributed by atoms with E-state index in [4.69, 9.17) is 17.3 Å². The van der Waals surface area contributed by atoms with E-state index in [2.05, 4.69) is 42.5 Å². The van der Waals surface area contributed by atoms with E-state index in [-0.39, 0.29) is 6.04 Å². The molecule has 1 aromatic heterocycles. The van der Waals surface area contributed by atoms with Crippen LogP contribution in [-0.4, -0.2) is 0 Å². The number of rotatable bonds is 3. The van der Waals surface area contributed by atoms with Gasteiger partial charge in [-0.25, -0.2) is 0 Å². The SMILES string of the molecule is NC(Cc1cccc2ccccc12)c1ccc(Cl)s1. The molecule has 19 heavy (non-hydrogen) atoms. The smallest absolute Gasteiger partial charge is 0.0931 e. The van der Waals surface area contributed by atoms with Crippen LogP contribution >= 0.6 is 22.9 Å². The summed E-state index contributed by atoms with van der Waals surface area (Å²) >= 11 is 7.53. The van der Waals surface area contributed by atoms with Gasteiger partial charge in [0.05, 0.1) is 4.34 Å². The Morgan fingerprint density at radius 1 is 1.00 bits per heavy atom. The highest BCUT2D eigenvalue weighted by Gasteiger charge is 2.11. The van der Waals surface area contributed by atoms with Gasteiger partial charge in [0, 0.05) is 10.9 Å². The van der Waals surface area contributed by atoms with E-state index in [0.29, 0.717) is 0 Å². The van der Waals surface area contributed by atoms with Crippen LogP contribution in [0.4, 0.5) is 0 Å². The van der Waals surface area contributed by atoms with E-state index in [1.54, 1.807) is 11.3 Å². The van der Waals surface area contributed by atoms with Crippen molar-refractivity contribution >= 4 is 33.7 Å². The van der Waals surface area contributed by atoms with E-state index in [9.17, 15) is 0 Å². The Balaban J connectivity index is 1.93. The molecular weight excluding hydrogens is 274 g/mol. The van der Waals surface area contributed by atoms with Gasteiger partial charge in [0.2, 0.25) is 0 Å². The molecule has 1 heterocycles. The standard InChI is InChI=1S/C16H14ClNS/c17-16-9-8-15(19-16)14(18)10-12-6-3-5-11-4-1-2-7-13(11)12/h1-9,14H,10,18H2. The molecule has 0 aliphatic rings. The highest BCUT2D eigenvalue weighted by molar-refractivity contribution is 7.16. The fourth-order valence-electron chi connectivity index (χ4n) is 2.34. The summed E-state index contributed by atoms with van der Waals surface area (Å²) in [6, 6.07) is 18.7. The summed E-state index contributed by atoms with van der Waals surface area (Å²) in [5, 5.41) is 2.54. The average Bonchev–Trinajstić information content (AvgIpc) is 2.86. The molecule has 0 radical (unpaired) electrons. The van der Waals surface area contributed by atoms with Gasteiger partial charge in [-0.05, 0) is 34.9 Å². The van der Waals surface area contributed by atoms with E-state index in [1.165, 1.54) is 16.3 Å². The molecule has 0 amide bonds. The van der Waals surface area contributed by atoms with Crippen molar-refractivity contribution in [3.05, 3.63) is 69.4 Å². The molecule has 3 aromatic rings. The van der Waals surface area contributed by atoms with Gasteiger partial charge in [-0.2, -0.15) is 0 Å². The molecule has 0 saturated carbocycles. The molecule has 0 aliphatic carbocycles. The molecule has 0 spiro atoms. The van der Waals surface area contributed by atoms with Crippen LogP contribution in [0.2, 0.25) is 4.34 Å². The Morgan fingerprint density at radius 3 is 2.58 bits per heavy atom. The number of halogens is 1. The van der Waals surface area contributed by atoms with Crippen LogP contribution in [0.3, 0.4) is 0 Å². The zero-order chi connectivity index (χ0) is 13.2. The summed E-state index contributed by atoms with van der Waals surface area (Å²) in [7, 11) is 0. The predicted molar refractivity (Wildman–Crippen MR) is 83.9 cm³/mol. The summed E-state index contributed by atoms with van der Waals surface area (Å²) in [6.45, 7) is 0. The molecule has 3 heteroatoms. The highest BCUT2D eigenvalue weighted by atomic mass is 35.5. The number of hydrogen-bond acceptors (Lipinski definition) is 2. The number of fused-ring (bicyclic) bond motifs is 1. The monoisotopic (exact) mass is 287 g/mol. The quantitative estimate of drug-likeness (QED) is 0.736.